The van der Waals surface area contributed by atoms with Gasteiger partial charge in [-0.1, -0.05) is 55.8 Å². The molecule has 3 saturated heterocycles. The molecule has 6 atom stereocenters. The van der Waals surface area contributed by atoms with E-state index in [1.54, 1.807) is 33.7 Å². The largest absolute Gasteiger partial charge is 0.395 e. The van der Waals surface area contributed by atoms with Crippen molar-refractivity contribution in [1.29, 1.82) is 0 Å². The molecule has 2 bridgehead atoms. The molecule has 7 nitrogen and oxygen atoms in total. The van der Waals surface area contributed by atoms with Gasteiger partial charge in [0.2, 0.25) is 17.7 Å². The summed E-state index contributed by atoms with van der Waals surface area (Å²) in [5, 5.41) is 9.87. The van der Waals surface area contributed by atoms with E-state index in [2.05, 4.69) is 20.1 Å². The molecule has 3 heterocycles. The minimum Gasteiger partial charge on any atom is -0.395 e. The van der Waals surface area contributed by atoms with Crippen LogP contribution in [-0.4, -0.2) is 85.8 Å². The number of carbonyl (C=O) groups is 3. The summed E-state index contributed by atoms with van der Waals surface area (Å²) in [6.45, 7) is 12.9. The van der Waals surface area contributed by atoms with Crippen molar-refractivity contribution >= 4 is 29.5 Å². The second-order valence-electron chi connectivity index (χ2n) is 10.7. The number of rotatable bonds is 13. The van der Waals surface area contributed by atoms with Crippen molar-refractivity contribution in [3.63, 3.8) is 0 Å². The van der Waals surface area contributed by atoms with Gasteiger partial charge < -0.3 is 19.8 Å². The highest BCUT2D eigenvalue weighted by Gasteiger charge is 2.74. The Hall–Kier alpha value is -2.58. The van der Waals surface area contributed by atoms with E-state index in [-0.39, 0.29) is 42.2 Å². The number of benzene rings is 1. The van der Waals surface area contributed by atoms with E-state index in [4.69, 9.17) is 0 Å². The molecule has 3 fully saturated rings. The van der Waals surface area contributed by atoms with Crippen LogP contribution >= 0.6 is 11.8 Å². The van der Waals surface area contributed by atoms with Crippen LogP contribution in [0.5, 0.6) is 0 Å². The van der Waals surface area contributed by atoms with Gasteiger partial charge in [0, 0.05) is 37.5 Å². The summed E-state index contributed by atoms with van der Waals surface area (Å²) >= 11 is 1.67. The van der Waals surface area contributed by atoms with Crippen molar-refractivity contribution in [1.82, 2.24) is 14.7 Å². The molecule has 0 radical (unpaired) electrons. The third kappa shape index (κ3) is 4.93. The molecule has 0 aliphatic carbocycles. The maximum absolute atomic E-state index is 14.2. The monoisotopic (exact) mass is 539 g/mol. The minimum atomic E-state index is -0.693. The predicted octanol–water partition coefficient (Wildman–Crippen LogP) is 3.49. The maximum Gasteiger partial charge on any atom is 0.247 e. The highest BCUT2D eigenvalue weighted by Crippen LogP contribution is 2.66. The van der Waals surface area contributed by atoms with Crippen molar-refractivity contribution in [3.05, 3.63) is 61.2 Å². The van der Waals surface area contributed by atoms with Gasteiger partial charge in [-0.25, -0.2) is 0 Å². The van der Waals surface area contributed by atoms with Gasteiger partial charge in [0.1, 0.15) is 6.04 Å². The van der Waals surface area contributed by atoms with E-state index in [1.165, 1.54) is 0 Å². The zero-order valence-corrected chi connectivity index (χ0v) is 23.4. The highest BCUT2D eigenvalue weighted by molar-refractivity contribution is 8.02. The van der Waals surface area contributed by atoms with E-state index in [0.717, 1.165) is 24.8 Å². The third-order valence-corrected chi connectivity index (χ3v) is 10.3. The van der Waals surface area contributed by atoms with Crippen LogP contribution in [0, 0.1) is 11.8 Å². The fraction of sp³-hybridized carbons (Fsp3) is 0.567. The number of amides is 3. The number of carbonyl (C=O) groups excluding carboxylic acids is 3. The number of nitrogens with zero attached hydrogens (tertiary/aromatic N) is 3. The van der Waals surface area contributed by atoms with Gasteiger partial charge in [0.25, 0.3) is 0 Å². The van der Waals surface area contributed by atoms with Crippen molar-refractivity contribution < 1.29 is 19.5 Å². The topological polar surface area (TPSA) is 81.2 Å². The molecular weight excluding hydrogens is 498 g/mol. The van der Waals surface area contributed by atoms with E-state index >= 15 is 0 Å². The number of hydrogen-bond acceptors (Lipinski definition) is 5. The normalized spacial score (nSPS) is 28.2. The molecule has 3 aliphatic rings. The fourth-order valence-corrected chi connectivity index (χ4v) is 9.03. The SMILES string of the molecule is C=CCN(Cc1ccccc1)C(=O)[C@@H]1[C@@H]2CCC3(S2)C(C(=O)N(CC=C)C(C)CCC)N(CCO)C(=O)[C@H]13. The van der Waals surface area contributed by atoms with Crippen molar-refractivity contribution in [2.75, 3.05) is 26.2 Å². The Balaban J connectivity index is 1.69. The van der Waals surface area contributed by atoms with Crippen LogP contribution in [0.1, 0.15) is 45.1 Å². The van der Waals surface area contributed by atoms with Crippen LogP contribution < -0.4 is 0 Å². The number of fused-ring (bicyclic) bond motifs is 1. The second kappa shape index (κ2) is 12.1. The van der Waals surface area contributed by atoms with E-state index in [1.807, 2.05) is 42.2 Å². The molecule has 38 heavy (non-hydrogen) atoms. The molecule has 3 aliphatic heterocycles. The van der Waals surface area contributed by atoms with Crippen LogP contribution in [0.15, 0.2) is 55.6 Å². The van der Waals surface area contributed by atoms with Crippen LogP contribution in [0.25, 0.3) is 0 Å². The van der Waals surface area contributed by atoms with Crippen molar-refractivity contribution in [2.45, 2.75) is 68.2 Å². The molecule has 1 aromatic carbocycles. The summed E-state index contributed by atoms with van der Waals surface area (Å²) in [4.78, 5) is 47.6. The summed E-state index contributed by atoms with van der Waals surface area (Å²) in [5.74, 6) is -1.39. The molecule has 8 heteroatoms. The van der Waals surface area contributed by atoms with Crippen LogP contribution in [0.2, 0.25) is 0 Å². The Labute approximate surface area is 230 Å². The first-order chi connectivity index (χ1) is 18.3. The molecule has 206 valence electrons. The number of thioether (sulfide) groups is 1. The van der Waals surface area contributed by atoms with Crippen LogP contribution in [0.4, 0.5) is 0 Å². The highest BCUT2D eigenvalue weighted by atomic mass is 32.2. The summed E-state index contributed by atoms with van der Waals surface area (Å²) in [7, 11) is 0. The lowest BCUT2D eigenvalue weighted by Crippen LogP contribution is -2.56. The average Bonchev–Trinajstić information content (AvgIpc) is 3.55. The lowest BCUT2D eigenvalue weighted by molar-refractivity contribution is -0.145. The number of β-amino-alcohol motifs (C(OH)–C–C–N with tert-alkyl or cyclic N) is 1. The summed E-state index contributed by atoms with van der Waals surface area (Å²) < 4.78 is -0.660. The average molecular weight is 540 g/mol. The van der Waals surface area contributed by atoms with E-state index in [0.29, 0.717) is 26.1 Å². The van der Waals surface area contributed by atoms with Crippen LogP contribution in [-0.2, 0) is 20.9 Å². The summed E-state index contributed by atoms with van der Waals surface area (Å²) in [5.41, 5.74) is 1.02. The van der Waals surface area contributed by atoms with Gasteiger partial charge >= 0.3 is 0 Å². The zero-order valence-electron chi connectivity index (χ0n) is 22.6. The van der Waals surface area contributed by atoms with E-state index in [9.17, 15) is 19.5 Å². The lowest BCUT2D eigenvalue weighted by Gasteiger charge is -2.39. The van der Waals surface area contributed by atoms with Gasteiger partial charge in [-0.15, -0.1) is 24.9 Å². The van der Waals surface area contributed by atoms with E-state index < -0.39 is 22.6 Å². The first-order valence-electron chi connectivity index (χ1n) is 13.8. The minimum absolute atomic E-state index is 0.00187. The molecule has 1 aromatic rings. The van der Waals surface area contributed by atoms with Crippen LogP contribution in [0.3, 0.4) is 0 Å². The van der Waals surface area contributed by atoms with Gasteiger partial charge in [-0.05, 0) is 31.7 Å². The molecule has 1 spiro atoms. The van der Waals surface area contributed by atoms with Gasteiger partial charge in [-0.2, -0.15) is 0 Å². The molecule has 0 saturated carbocycles. The van der Waals surface area contributed by atoms with Gasteiger partial charge in [-0.3, -0.25) is 14.4 Å². The van der Waals surface area contributed by atoms with Crippen molar-refractivity contribution in [3.8, 4) is 0 Å². The zero-order chi connectivity index (χ0) is 27.4. The standard InChI is InChI=1S/C30H41N3O4S/c1-5-11-21(4)32(17-7-3)29(37)26-30-15-14-23(38-30)24(25(30)28(36)33(26)18-19-34)27(35)31(16-6-2)20-22-12-9-8-10-13-22/h6-10,12-13,21,23-26,34H,2-3,5,11,14-20H2,1,4H3/t21?,23-,24+,25-,26?,30?/m0/s1. The molecule has 4 rings (SSSR count). The van der Waals surface area contributed by atoms with Gasteiger partial charge in [0.05, 0.1) is 23.2 Å². The number of likely N-dealkylation sites (tertiary alicyclic amines) is 1. The van der Waals surface area contributed by atoms with Gasteiger partial charge in [0.15, 0.2) is 0 Å². The number of aliphatic hydroxyl groups is 1. The number of aliphatic hydroxyl groups excluding tert-OH is 1. The Morgan fingerprint density at radius 1 is 1.21 bits per heavy atom. The summed E-state index contributed by atoms with van der Waals surface area (Å²) in [6.07, 6.45) is 6.75. The molecule has 0 aromatic heterocycles. The quantitative estimate of drug-likeness (QED) is 0.388. The number of hydrogen-bond donors (Lipinski definition) is 1. The molecule has 1 N–H and O–H groups in total. The Bertz CT molecular complexity index is 1050. The summed E-state index contributed by atoms with van der Waals surface area (Å²) in [6, 6.07) is 9.14. The third-order valence-electron chi connectivity index (χ3n) is 8.38. The Kier molecular flexibility index (Phi) is 9.04. The Morgan fingerprint density at radius 2 is 1.92 bits per heavy atom. The predicted molar refractivity (Wildman–Crippen MR) is 151 cm³/mol. The maximum atomic E-state index is 14.2. The first kappa shape index (κ1) is 28.4. The molecule has 3 unspecified atom stereocenters. The second-order valence-corrected chi connectivity index (χ2v) is 12.3. The molecule has 3 amide bonds. The Morgan fingerprint density at radius 3 is 2.55 bits per heavy atom. The lowest BCUT2D eigenvalue weighted by atomic mass is 9.70. The van der Waals surface area contributed by atoms with Crippen molar-refractivity contribution in [2.24, 2.45) is 11.8 Å². The molecular formula is C30H41N3O4S. The fourth-order valence-electron chi connectivity index (χ4n) is 6.82. The first-order valence-corrected chi connectivity index (χ1v) is 14.7. The smallest absolute Gasteiger partial charge is 0.247 e.